The monoisotopic (exact) mass is 373 g/mol. The average molecular weight is 374 g/mol. The second-order valence-corrected chi connectivity index (χ2v) is 7.25. The van der Waals surface area contributed by atoms with Crippen molar-refractivity contribution in [2.75, 3.05) is 17.6 Å². The van der Waals surface area contributed by atoms with E-state index in [9.17, 15) is 13.2 Å². The van der Waals surface area contributed by atoms with Gasteiger partial charge in [0.25, 0.3) is 0 Å². The molecule has 0 saturated carbocycles. The molecule has 0 radical (unpaired) electrons. The van der Waals surface area contributed by atoms with Gasteiger partial charge in [0.05, 0.1) is 11.3 Å². The fraction of sp³-hybridized carbons (Fsp3) is 0.133. The fourth-order valence-corrected chi connectivity index (χ4v) is 2.67. The van der Waals surface area contributed by atoms with Crippen LogP contribution in [0.15, 0.2) is 42.5 Å². The number of carbonyl (C=O) groups excluding carboxylic acids is 1. The van der Waals surface area contributed by atoms with Crippen LogP contribution in [0.5, 0.6) is 5.75 Å². The first kappa shape index (κ1) is 17.6. The number of carbonyl (C=O) groups is 1. The molecule has 23 heavy (non-hydrogen) atoms. The number of rotatable bonds is 6. The maximum absolute atomic E-state index is 12.1. The quantitative estimate of drug-likeness (QED) is 0.784. The standard InChI is InChI=1S/C15H13Cl2NO4S/c1-23(20,21)18-11-7-5-10(6-8-11)13(19)9-22-14-4-2-3-12(16)15(14)17/h2-8,18H,9H2,1H3. The minimum atomic E-state index is -3.35. The topological polar surface area (TPSA) is 72.5 Å². The fourth-order valence-electron chi connectivity index (χ4n) is 1.76. The highest BCUT2D eigenvalue weighted by Gasteiger charge is 2.11. The number of halogens is 2. The van der Waals surface area contributed by atoms with Gasteiger partial charge in [0.2, 0.25) is 10.0 Å². The van der Waals surface area contributed by atoms with Crippen LogP contribution >= 0.6 is 23.2 Å². The van der Waals surface area contributed by atoms with Crippen molar-refractivity contribution in [3.8, 4) is 5.75 Å². The number of hydrogen-bond donors (Lipinski definition) is 1. The Bertz CT molecular complexity index is 820. The third-order valence-corrected chi connectivity index (χ3v) is 4.19. The van der Waals surface area contributed by atoms with Crippen LogP contribution in [0.25, 0.3) is 0 Å². The summed E-state index contributed by atoms with van der Waals surface area (Å²) in [4.78, 5) is 12.1. The minimum Gasteiger partial charge on any atom is -0.484 e. The number of nitrogens with one attached hydrogen (secondary N) is 1. The predicted octanol–water partition coefficient (Wildman–Crippen LogP) is 3.63. The van der Waals surface area contributed by atoms with Gasteiger partial charge in [-0.2, -0.15) is 0 Å². The lowest BCUT2D eigenvalue weighted by molar-refractivity contribution is 0.0921. The Labute approximate surface area is 144 Å². The summed E-state index contributed by atoms with van der Waals surface area (Å²) in [7, 11) is -3.35. The molecule has 122 valence electrons. The van der Waals surface area contributed by atoms with Crippen LogP contribution in [0.3, 0.4) is 0 Å². The first-order chi connectivity index (χ1) is 10.8. The number of ketones is 1. The number of ether oxygens (including phenoxy) is 1. The molecule has 5 nitrogen and oxygen atoms in total. The molecule has 0 unspecified atom stereocenters. The average Bonchev–Trinajstić information content (AvgIpc) is 2.47. The number of hydrogen-bond acceptors (Lipinski definition) is 4. The summed E-state index contributed by atoms with van der Waals surface area (Å²) in [5.74, 6) is 0.0508. The number of Topliss-reactive ketones (excluding diaryl/α,β-unsaturated/α-hetero) is 1. The van der Waals surface area contributed by atoms with Crippen molar-refractivity contribution in [2.45, 2.75) is 0 Å². The van der Waals surface area contributed by atoms with Crippen LogP contribution < -0.4 is 9.46 Å². The van der Waals surface area contributed by atoms with E-state index in [2.05, 4.69) is 4.72 Å². The molecule has 1 N–H and O–H groups in total. The lowest BCUT2D eigenvalue weighted by Crippen LogP contribution is -2.12. The molecule has 0 aliphatic rings. The van der Waals surface area contributed by atoms with Gasteiger partial charge < -0.3 is 4.74 Å². The first-order valence-corrected chi connectivity index (χ1v) is 9.09. The van der Waals surface area contributed by atoms with E-state index in [1.807, 2.05) is 0 Å². The van der Waals surface area contributed by atoms with Gasteiger partial charge in [-0.05, 0) is 36.4 Å². The van der Waals surface area contributed by atoms with Crippen LogP contribution in [0.2, 0.25) is 10.0 Å². The van der Waals surface area contributed by atoms with Gasteiger partial charge in [-0.1, -0.05) is 29.3 Å². The largest absolute Gasteiger partial charge is 0.484 e. The lowest BCUT2D eigenvalue weighted by atomic mass is 10.1. The Morgan fingerprint density at radius 3 is 2.39 bits per heavy atom. The van der Waals surface area contributed by atoms with Crippen molar-refractivity contribution in [3.05, 3.63) is 58.1 Å². The third-order valence-electron chi connectivity index (χ3n) is 2.79. The molecule has 0 saturated heterocycles. The molecule has 0 fully saturated rings. The van der Waals surface area contributed by atoms with Crippen LogP contribution in [-0.4, -0.2) is 27.1 Å². The van der Waals surface area contributed by atoms with Gasteiger partial charge in [-0.3, -0.25) is 9.52 Å². The zero-order valence-corrected chi connectivity index (χ0v) is 14.4. The van der Waals surface area contributed by atoms with Crippen LogP contribution in [0, 0.1) is 0 Å². The van der Waals surface area contributed by atoms with E-state index >= 15 is 0 Å². The molecule has 0 heterocycles. The van der Waals surface area contributed by atoms with Crippen molar-refractivity contribution < 1.29 is 17.9 Å². The summed E-state index contributed by atoms with van der Waals surface area (Å²) in [5.41, 5.74) is 0.769. The molecule has 0 atom stereocenters. The van der Waals surface area contributed by atoms with Crippen molar-refractivity contribution in [1.82, 2.24) is 0 Å². The molecule has 0 amide bonds. The molecule has 0 aromatic heterocycles. The van der Waals surface area contributed by atoms with Crippen molar-refractivity contribution in [2.24, 2.45) is 0 Å². The molecule has 0 bridgehead atoms. The summed E-state index contributed by atoms with van der Waals surface area (Å²) in [5, 5.41) is 0.586. The maximum Gasteiger partial charge on any atom is 0.229 e. The molecular weight excluding hydrogens is 361 g/mol. The van der Waals surface area contributed by atoms with Crippen molar-refractivity contribution in [1.29, 1.82) is 0 Å². The van der Waals surface area contributed by atoms with Crippen molar-refractivity contribution >= 4 is 44.7 Å². The number of benzene rings is 2. The summed E-state index contributed by atoms with van der Waals surface area (Å²) < 4.78 is 29.9. The Morgan fingerprint density at radius 2 is 1.78 bits per heavy atom. The second-order valence-electron chi connectivity index (χ2n) is 4.72. The zero-order chi connectivity index (χ0) is 17.0. The summed E-state index contributed by atoms with van der Waals surface area (Å²) in [6.45, 7) is -0.209. The summed E-state index contributed by atoms with van der Waals surface area (Å²) in [6, 6.07) is 10.9. The Hall–Kier alpha value is -1.76. The van der Waals surface area contributed by atoms with Gasteiger partial charge >= 0.3 is 0 Å². The van der Waals surface area contributed by atoms with Crippen molar-refractivity contribution in [3.63, 3.8) is 0 Å². The van der Waals surface area contributed by atoms with E-state index in [-0.39, 0.29) is 17.4 Å². The zero-order valence-electron chi connectivity index (χ0n) is 12.0. The Morgan fingerprint density at radius 1 is 1.13 bits per heavy atom. The molecule has 2 rings (SSSR count). The molecule has 0 spiro atoms. The summed E-state index contributed by atoms with van der Waals surface area (Å²) >= 11 is 11.8. The highest BCUT2D eigenvalue weighted by molar-refractivity contribution is 7.92. The summed E-state index contributed by atoms with van der Waals surface area (Å²) in [6.07, 6.45) is 1.05. The van der Waals surface area contributed by atoms with Crippen LogP contribution in [0.1, 0.15) is 10.4 Å². The molecule has 0 aliphatic heterocycles. The minimum absolute atomic E-state index is 0.209. The van der Waals surface area contributed by atoms with Gasteiger partial charge in [-0.15, -0.1) is 0 Å². The Kier molecular flexibility index (Phi) is 5.51. The Balaban J connectivity index is 2.02. The van der Waals surface area contributed by atoms with E-state index < -0.39 is 10.0 Å². The maximum atomic E-state index is 12.1. The second kappa shape index (κ2) is 7.21. The first-order valence-electron chi connectivity index (χ1n) is 6.44. The normalized spacial score (nSPS) is 11.1. The number of sulfonamides is 1. The van der Waals surface area contributed by atoms with Gasteiger partial charge in [0.15, 0.2) is 12.4 Å². The van der Waals surface area contributed by atoms with E-state index in [1.165, 1.54) is 24.3 Å². The third kappa shape index (κ3) is 5.13. The highest BCUT2D eigenvalue weighted by atomic mass is 35.5. The molecular formula is C15H13Cl2NO4S. The number of anilines is 1. The van der Waals surface area contributed by atoms with Gasteiger partial charge in [0, 0.05) is 11.3 Å². The smallest absolute Gasteiger partial charge is 0.229 e. The molecule has 2 aromatic carbocycles. The van der Waals surface area contributed by atoms with E-state index in [4.69, 9.17) is 27.9 Å². The SMILES string of the molecule is CS(=O)(=O)Nc1ccc(C(=O)COc2cccc(Cl)c2Cl)cc1. The van der Waals surface area contributed by atoms with E-state index in [0.717, 1.165) is 6.26 Å². The molecule has 0 aliphatic carbocycles. The van der Waals surface area contributed by atoms with E-state index in [0.29, 0.717) is 22.0 Å². The highest BCUT2D eigenvalue weighted by Crippen LogP contribution is 2.31. The molecule has 2 aromatic rings. The van der Waals surface area contributed by atoms with E-state index in [1.54, 1.807) is 18.2 Å². The molecule has 8 heteroatoms. The van der Waals surface area contributed by atoms with Gasteiger partial charge in [-0.25, -0.2) is 8.42 Å². The lowest BCUT2D eigenvalue weighted by Gasteiger charge is -2.09. The van der Waals surface area contributed by atoms with Crippen LogP contribution in [-0.2, 0) is 10.0 Å². The van der Waals surface area contributed by atoms with Crippen LogP contribution in [0.4, 0.5) is 5.69 Å². The predicted molar refractivity (Wildman–Crippen MR) is 91.2 cm³/mol. The van der Waals surface area contributed by atoms with Gasteiger partial charge in [0.1, 0.15) is 10.8 Å².